The first-order valence-electron chi connectivity index (χ1n) is 5.66. The molecule has 1 amide bonds. The van der Waals surface area contributed by atoms with Gasteiger partial charge in [-0.1, -0.05) is 0 Å². The molecular formula is C13H14N2O3S. The first kappa shape index (κ1) is 13.4. The summed E-state index contributed by atoms with van der Waals surface area (Å²) in [6, 6.07) is 4.54. The van der Waals surface area contributed by atoms with Crippen LogP contribution in [-0.2, 0) is 6.54 Å². The molecule has 1 aromatic carbocycles. The van der Waals surface area contributed by atoms with Gasteiger partial charge >= 0.3 is 0 Å². The van der Waals surface area contributed by atoms with Crippen LogP contribution in [0.3, 0.4) is 0 Å². The highest BCUT2D eigenvalue weighted by Gasteiger charge is 2.09. The van der Waals surface area contributed by atoms with E-state index in [0.29, 0.717) is 17.9 Å². The van der Waals surface area contributed by atoms with Gasteiger partial charge < -0.3 is 15.2 Å². The van der Waals surface area contributed by atoms with Crippen LogP contribution < -0.4 is 10.1 Å². The molecule has 1 heterocycles. The summed E-state index contributed by atoms with van der Waals surface area (Å²) in [7, 11) is 1.46. The maximum Gasteiger partial charge on any atom is 0.251 e. The highest BCUT2D eigenvalue weighted by atomic mass is 32.1. The molecule has 0 saturated heterocycles. The molecule has 6 heteroatoms. The lowest BCUT2D eigenvalue weighted by molar-refractivity contribution is 0.0951. The van der Waals surface area contributed by atoms with Gasteiger partial charge in [0, 0.05) is 16.6 Å². The van der Waals surface area contributed by atoms with Gasteiger partial charge in [-0.05, 0) is 25.1 Å². The van der Waals surface area contributed by atoms with Crippen molar-refractivity contribution in [1.29, 1.82) is 0 Å². The number of nitrogens with one attached hydrogen (secondary N) is 1. The maximum atomic E-state index is 11.9. The van der Waals surface area contributed by atoms with E-state index in [9.17, 15) is 9.90 Å². The molecule has 0 spiro atoms. The van der Waals surface area contributed by atoms with Gasteiger partial charge in [0.1, 0.15) is 0 Å². The van der Waals surface area contributed by atoms with Crippen molar-refractivity contribution < 1.29 is 14.6 Å². The summed E-state index contributed by atoms with van der Waals surface area (Å²) in [4.78, 5) is 17.0. The second kappa shape index (κ2) is 5.71. The number of aryl methyl sites for hydroxylation is 1. The van der Waals surface area contributed by atoms with E-state index < -0.39 is 0 Å². The van der Waals surface area contributed by atoms with Gasteiger partial charge in [0.05, 0.1) is 18.7 Å². The van der Waals surface area contributed by atoms with Gasteiger partial charge in [-0.2, -0.15) is 0 Å². The Morgan fingerprint density at radius 2 is 2.32 bits per heavy atom. The predicted molar refractivity (Wildman–Crippen MR) is 72.7 cm³/mol. The van der Waals surface area contributed by atoms with Crippen LogP contribution in [0, 0.1) is 6.92 Å². The number of benzene rings is 1. The van der Waals surface area contributed by atoms with E-state index in [1.54, 1.807) is 18.3 Å². The third-order valence-electron chi connectivity index (χ3n) is 2.53. The van der Waals surface area contributed by atoms with Crippen molar-refractivity contribution in [2.45, 2.75) is 13.5 Å². The van der Waals surface area contributed by atoms with Crippen molar-refractivity contribution in [1.82, 2.24) is 10.3 Å². The summed E-state index contributed by atoms with van der Waals surface area (Å²) in [5, 5.41) is 13.4. The van der Waals surface area contributed by atoms with Crippen molar-refractivity contribution in [3.05, 3.63) is 39.8 Å². The maximum absolute atomic E-state index is 11.9. The number of nitrogens with zero attached hydrogens (tertiary/aromatic N) is 1. The highest BCUT2D eigenvalue weighted by Crippen LogP contribution is 2.26. The number of amides is 1. The number of hydrogen-bond acceptors (Lipinski definition) is 5. The average molecular weight is 278 g/mol. The molecule has 0 fully saturated rings. The minimum Gasteiger partial charge on any atom is -0.504 e. The zero-order valence-electron chi connectivity index (χ0n) is 10.6. The largest absolute Gasteiger partial charge is 0.504 e. The van der Waals surface area contributed by atoms with E-state index in [1.807, 2.05) is 6.92 Å². The van der Waals surface area contributed by atoms with E-state index in [-0.39, 0.29) is 11.7 Å². The van der Waals surface area contributed by atoms with Crippen molar-refractivity contribution >= 4 is 17.2 Å². The van der Waals surface area contributed by atoms with Crippen LogP contribution in [0.5, 0.6) is 11.5 Å². The van der Waals surface area contributed by atoms with E-state index in [2.05, 4.69) is 10.3 Å². The number of hydrogen-bond donors (Lipinski definition) is 2. The summed E-state index contributed by atoms with van der Waals surface area (Å²) in [6.45, 7) is 2.34. The standard InChI is InChI=1S/C13H14N2O3S/c1-8-14-6-10(19-8)7-15-13(17)9-3-4-12(18-2)11(16)5-9/h3-6,16H,7H2,1-2H3,(H,15,17). The van der Waals surface area contributed by atoms with Crippen molar-refractivity contribution in [2.24, 2.45) is 0 Å². The molecular weight excluding hydrogens is 264 g/mol. The summed E-state index contributed by atoms with van der Waals surface area (Å²) in [5.74, 6) is 0.0439. The first-order valence-corrected chi connectivity index (χ1v) is 6.48. The molecule has 0 bridgehead atoms. The first-order chi connectivity index (χ1) is 9.10. The molecule has 2 N–H and O–H groups in total. The van der Waals surface area contributed by atoms with Gasteiger partial charge in [0.15, 0.2) is 11.5 Å². The summed E-state index contributed by atoms with van der Waals surface area (Å²) < 4.78 is 4.92. The molecule has 2 rings (SSSR count). The molecule has 19 heavy (non-hydrogen) atoms. The number of carbonyl (C=O) groups is 1. The van der Waals surface area contributed by atoms with Crippen LogP contribution in [-0.4, -0.2) is 23.1 Å². The molecule has 100 valence electrons. The zero-order chi connectivity index (χ0) is 13.8. The number of thiazole rings is 1. The lowest BCUT2D eigenvalue weighted by atomic mass is 10.2. The van der Waals surface area contributed by atoms with E-state index in [0.717, 1.165) is 9.88 Å². The molecule has 0 aliphatic carbocycles. The zero-order valence-corrected chi connectivity index (χ0v) is 11.5. The third-order valence-corrected chi connectivity index (χ3v) is 3.45. The number of carbonyl (C=O) groups excluding carboxylic acids is 1. The number of methoxy groups -OCH3 is 1. The molecule has 5 nitrogen and oxygen atoms in total. The minimum absolute atomic E-state index is 0.0521. The summed E-state index contributed by atoms with van der Waals surface area (Å²) in [5.41, 5.74) is 0.388. The van der Waals surface area contributed by atoms with E-state index >= 15 is 0 Å². The summed E-state index contributed by atoms with van der Waals surface area (Å²) >= 11 is 1.54. The van der Waals surface area contributed by atoms with Gasteiger partial charge in [0.25, 0.3) is 5.91 Å². The Labute approximate surface area is 114 Å². The van der Waals surface area contributed by atoms with Crippen LogP contribution >= 0.6 is 11.3 Å². The third kappa shape index (κ3) is 3.23. The Kier molecular flexibility index (Phi) is 4.01. The minimum atomic E-state index is -0.246. The van der Waals surface area contributed by atoms with E-state index in [4.69, 9.17) is 4.74 Å². The lowest BCUT2D eigenvalue weighted by Gasteiger charge is -2.06. The quantitative estimate of drug-likeness (QED) is 0.898. The Hall–Kier alpha value is -2.08. The van der Waals surface area contributed by atoms with Crippen LogP contribution in [0.25, 0.3) is 0 Å². The van der Waals surface area contributed by atoms with Crippen molar-refractivity contribution in [3.8, 4) is 11.5 Å². The second-order valence-corrected chi connectivity index (χ2v) is 5.23. The SMILES string of the molecule is COc1ccc(C(=O)NCc2cnc(C)s2)cc1O. The Balaban J connectivity index is 2.01. The van der Waals surface area contributed by atoms with Crippen LogP contribution in [0.2, 0.25) is 0 Å². The fourth-order valence-corrected chi connectivity index (χ4v) is 2.32. The lowest BCUT2D eigenvalue weighted by Crippen LogP contribution is -2.22. The predicted octanol–water partition coefficient (Wildman–Crippen LogP) is 2.10. The Morgan fingerprint density at radius 1 is 1.53 bits per heavy atom. The Bertz CT molecular complexity index is 595. The fraction of sp³-hybridized carbons (Fsp3) is 0.231. The fourth-order valence-electron chi connectivity index (χ4n) is 1.59. The monoisotopic (exact) mass is 278 g/mol. The molecule has 0 aliphatic heterocycles. The molecule has 0 unspecified atom stereocenters. The number of rotatable bonds is 4. The van der Waals surface area contributed by atoms with Crippen LogP contribution in [0.1, 0.15) is 20.2 Å². The van der Waals surface area contributed by atoms with Crippen molar-refractivity contribution in [2.75, 3.05) is 7.11 Å². The second-order valence-electron chi connectivity index (χ2n) is 3.91. The molecule has 0 radical (unpaired) electrons. The molecule has 2 aromatic rings. The number of phenolic OH excluding ortho intramolecular Hbond substituents is 1. The molecule has 0 aliphatic rings. The van der Waals surface area contributed by atoms with Crippen molar-refractivity contribution in [3.63, 3.8) is 0 Å². The summed E-state index contributed by atoms with van der Waals surface area (Å²) in [6.07, 6.45) is 1.74. The van der Waals surface area contributed by atoms with Gasteiger partial charge in [0.2, 0.25) is 0 Å². The number of phenols is 1. The molecule has 0 atom stereocenters. The topological polar surface area (TPSA) is 71.5 Å². The van der Waals surface area contributed by atoms with E-state index in [1.165, 1.54) is 24.5 Å². The number of aromatic nitrogens is 1. The normalized spacial score (nSPS) is 10.2. The number of aromatic hydroxyl groups is 1. The Morgan fingerprint density at radius 3 is 2.89 bits per heavy atom. The van der Waals surface area contributed by atoms with Gasteiger partial charge in [-0.25, -0.2) is 4.98 Å². The highest BCUT2D eigenvalue weighted by molar-refractivity contribution is 7.11. The molecule has 0 saturated carbocycles. The molecule has 1 aromatic heterocycles. The average Bonchev–Trinajstić information content (AvgIpc) is 2.81. The number of ether oxygens (including phenoxy) is 1. The smallest absolute Gasteiger partial charge is 0.251 e. The van der Waals surface area contributed by atoms with Gasteiger partial charge in [-0.15, -0.1) is 11.3 Å². The van der Waals surface area contributed by atoms with Crippen LogP contribution in [0.15, 0.2) is 24.4 Å². The van der Waals surface area contributed by atoms with Crippen LogP contribution in [0.4, 0.5) is 0 Å². The van der Waals surface area contributed by atoms with Gasteiger partial charge in [-0.3, -0.25) is 4.79 Å².